The number of amides is 1. The predicted molar refractivity (Wildman–Crippen MR) is 96.7 cm³/mol. The van der Waals surface area contributed by atoms with Crippen molar-refractivity contribution in [3.8, 4) is 5.75 Å². The van der Waals surface area contributed by atoms with Crippen LogP contribution in [0.2, 0.25) is 0 Å². The number of carbonyl (C=O) groups excluding carboxylic acids is 1. The average molecular weight is 342 g/mol. The number of imidazole rings is 1. The highest BCUT2D eigenvalue weighted by molar-refractivity contribution is 5.90. The molecule has 1 N–H and O–H groups in total. The van der Waals surface area contributed by atoms with Gasteiger partial charge in [-0.05, 0) is 43.6 Å². The maximum Gasteiger partial charge on any atom is 0.287 e. The first-order valence-electron chi connectivity index (χ1n) is 8.82. The van der Waals surface area contributed by atoms with Crippen LogP contribution in [0.4, 0.5) is 0 Å². The van der Waals surface area contributed by atoms with Crippen LogP contribution in [0.25, 0.3) is 0 Å². The fourth-order valence-corrected chi connectivity index (χ4v) is 3.37. The number of rotatable bonds is 6. The monoisotopic (exact) mass is 342 g/mol. The summed E-state index contributed by atoms with van der Waals surface area (Å²) in [5.41, 5.74) is 1.20. The number of hydrogen-bond donors (Lipinski definition) is 1. The molecule has 1 aromatic heterocycles. The molecule has 1 atom stereocenters. The van der Waals surface area contributed by atoms with E-state index >= 15 is 0 Å². The summed E-state index contributed by atoms with van der Waals surface area (Å²) < 4.78 is 7.00. The van der Waals surface area contributed by atoms with Crippen molar-refractivity contribution >= 4 is 5.91 Å². The predicted octanol–water partition coefficient (Wildman–Crippen LogP) is 2.39. The van der Waals surface area contributed by atoms with Crippen molar-refractivity contribution in [1.29, 1.82) is 0 Å². The maximum atomic E-state index is 12.4. The van der Waals surface area contributed by atoms with Gasteiger partial charge in [0, 0.05) is 26.0 Å². The standard InChI is InChI=1S/C19H26N4O2/c1-22-13-10-20-18(22)19(24)21-14-17(23-11-4-3-5-12-23)15-6-8-16(25-2)9-7-15/h6-10,13,17H,3-5,11-12,14H2,1-2H3,(H,21,24)/t17-/m1/s1. The Hall–Kier alpha value is -2.34. The summed E-state index contributed by atoms with van der Waals surface area (Å²) in [7, 11) is 3.50. The number of aromatic nitrogens is 2. The van der Waals surface area contributed by atoms with Crippen LogP contribution in [0, 0.1) is 0 Å². The van der Waals surface area contributed by atoms with E-state index < -0.39 is 0 Å². The summed E-state index contributed by atoms with van der Waals surface area (Å²) in [4.78, 5) is 19.0. The third kappa shape index (κ3) is 4.20. The smallest absolute Gasteiger partial charge is 0.287 e. The minimum Gasteiger partial charge on any atom is -0.497 e. The number of likely N-dealkylation sites (tertiary alicyclic amines) is 1. The van der Waals surface area contributed by atoms with Crippen LogP contribution in [0.15, 0.2) is 36.7 Å². The molecule has 2 aromatic rings. The van der Waals surface area contributed by atoms with Crippen molar-refractivity contribution in [1.82, 2.24) is 19.8 Å². The van der Waals surface area contributed by atoms with E-state index in [1.54, 1.807) is 24.1 Å². The van der Waals surface area contributed by atoms with Gasteiger partial charge in [-0.3, -0.25) is 9.69 Å². The molecule has 0 spiro atoms. The number of aryl methyl sites for hydroxylation is 1. The molecule has 134 valence electrons. The third-order valence-electron chi connectivity index (χ3n) is 4.81. The highest BCUT2D eigenvalue weighted by Gasteiger charge is 2.23. The molecule has 0 saturated carbocycles. The Balaban J connectivity index is 1.73. The second-order valence-corrected chi connectivity index (χ2v) is 6.46. The molecule has 1 amide bonds. The zero-order valence-corrected chi connectivity index (χ0v) is 14.9. The van der Waals surface area contributed by atoms with E-state index in [-0.39, 0.29) is 11.9 Å². The minimum atomic E-state index is -0.136. The summed E-state index contributed by atoms with van der Waals surface area (Å²) >= 11 is 0. The molecule has 2 heterocycles. The van der Waals surface area contributed by atoms with Crippen molar-refractivity contribution in [2.75, 3.05) is 26.7 Å². The van der Waals surface area contributed by atoms with E-state index in [1.165, 1.54) is 24.8 Å². The molecule has 0 unspecified atom stereocenters. The molecule has 1 saturated heterocycles. The van der Waals surface area contributed by atoms with Crippen molar-refractivity contribution < 1.29 is 9.53 Å². The van der Waals surface area contributed by atoms with Gasteiger partial charge in [-0.2, -0.15) is 0 Å². The van der Waals surface area contributed by atoms with Gasteiger partial charge in [-0.25, -0.2) is 4.98 Å². The van der Waals surface area contributed by atoms with Crippen LogP contribution < -0.4 is 10.1 Å². The summed E-state index contributed by atoms with van der Waals surface area (Å²) in [5, 5.41) is 3.06. The van der Waals surface area contributed by atoms with Gasteiger partial charge in [0.25, 0.3) is 5.91 Å². The minimum absolute atomic E-state index is 0.136. The second-order valence-electron chi connectivity index (χ2n) is 6.46. The molecule has 25 heavy (non-hydrogen) atoms. The molecule has 3 rings (SSSR count). The molecule has 1 aliphatic rings. The Kier molecular flexibility index (Phi) is 5.71. The quantitative estimate of drug-likeness (QED) is 0.876. The molecular formula is C19H26N4O2. The number of methoxy groups -OCH3 is 1. The zero-order valence-electron chi connectivity index (χ0n) is 14.9. The summed E-state index contributed by atoms with van der Waals surface area (Å²) in [5.74, 6) is 1.15. The van der Waals surface area contributed by atoms with E-state index in [2.05, 4.69) is 27.3 Å². The van der Waals surface area contributed by atoms with Gasteiger partial charge in [0.2, 0.25) is 0 Å². The molecular weight excluding hydrogens is 316 g/mol. The fraction of sp³-hybridized carbons (Fsp3) is 0.474. The number of benzene rings is 1. The van der Waals surface area contributed by atoms with Gasteiger partial charge in [0.05, 0.1) is 13.2 Å². The lowest BCUT2D eigenvalue weighted by atomic mass is 10.0. The number of hydrogen-bond acceptors (Lipinski definition) is 4. The van der Waals surface area contributed by atoms with Crippen LogP contribution in [0.1, 0.15) is 41.5 Å². The molecule has 1 aromatic carbocycles. The van der Waals surface area contributed by atoms with E-state index in [0.717, 1.165) is 18.8 Å². The van der Waals surface area contributed by atoms with Crippen molar-refractivity contribution in [2.24, 2.45) is 7.05 Å². The lowest BCUT2D eigenvalue weighted by molar-refractivity contribution is 0.0911. The van der Waals surface area contributed by atoms with Crippen LogP contribution in [-0.2, 0) is 7.05 Å². The van der Waals surface area contributed by atoms with Crippen LogP contribution in [0.3, 0.4) is 0 Å². The third-order valence-corrected chi connectivity index (χ3v) is 4.81. The number of nitrogens with one attached hydrogen (secondary N) is 1. The van der Waals surface area contributed by atoms with Crippen molar-refractivity contribution in [2.45, 2.75) is 25.3 Å². The van der Waals surface area contributed by atoms with Gasteiger partial charge in [0.1, 0.15) is 5.75 Å². The first-order chi connectivity index (χ1) is 12.2. The molecule has 6 heteroatoms. The van der Waals surface area contributed by atoms with Gasteiger partial charge >= 0.3 is 0 Å². The summed E-state index contributed by atoms with van der Waals surface area (Å²) in [6, 6.07) is 8.30. The number of nitrogens with zero attached hydrogens (tertiary/aromatic N) is 3. The molecule has 0 radical (unpaired) electrons. The largest absolute Gasteiger partial charge is 0.497 e. The van der Waals surface area contributed by atoms with Gasteiger partial charge in [0.15, 0.2) is 5.82 Å². The lowest BCUT2D eigenvalue weighted by Crippen LogP contribution is -2.41. The van der Waals surface area contributed by atoms with Crippen molar-refractivity contribution in [3.05, 3.63) is 48.0 Å². The van der Waals surface area contributed by atoms with E-state index in [1.807, 2.05) is 19.2 Å². The second kappa shape index (κ2) is 8.16. The number of carbonyl (C=O) groups is 1. The van der Waals surface area contributed by atoms with Gasteiger partial charge < -0.3 is 14.6 Å². The van der Waals surface area contributed by atoms with E-state index in [4.69, 9.17) is 4.74 Å². The average Bonchev–Trinajstić information content (AvgIpc) is 3.09. The van der Waals surface area contributed by atoms with E-state index in [9.17, 15) is 4.79 Å². The number of piperidine rings is 1. The molecule has 1 aliphatic heterocycles. The highest BCUT2D eigenvalue weighted by atomic mass is 16.5. The maximum absolute atomic E-state index is 12.4. The Bertz CT molecular complexity index is 690. The Labute approximate surface area is 148 Å². The highest BCUT2D eigenvalue weighted by Crippen LogP contribution is 2.26. The fourth-order valence-electron chi connectivity index (χ4n) is 3.37. The zero-order chi connectivity index (χ0) is 17.6. The molecule has 1 fully saturated rings. The Morgan fingerprint density at radius 3 is 2.56 bits per heavy atom. The number of ether oxygens (including phenoxy) is 1. The van der Waals surface area contributed by atoms with Gasteiger partial charge in [-0.1, -0.05) is 18.6 Å². The van der Waals surface area contributed by atoms with E-state index in [0.29, 0.717) is 12.4 Å². The summed E-state index contributed by atoms with van der Waals surface area (Å²) in [6.45, 7) is 2.70. The van der Waals surface area contributed by atoms with Crippen molar-refractivity contribution in [3.63, 3.8) is 0 Å². The first kappa shape index (κ1) is 17.5. The van der Waals surface area contributed by atoms with Crippen LogP contribution in [-0.4, -0.2) is 47.1 Å². The Morgan fingerprint density at radius 1 is 1.24 bits per heavy atom. The SMILES string of the molecule is COc1ccc([C@@H](CNC(=O)c2nccn2C)N2CCCCC2)cc1. The Morgan fingerprint density at radius 2 is 1.96 bits per heavy atom. The summed E-state index contributed by atoms with van der Waals surface area (Å²) in [6.07, 6.45) is 7.12. The van der Waals surface area contributed by atoms with Gasteiger partial charge in [-0.15, -0.1) is 0 Å². The molecule has 0 bridgehead atoms. The normalized spacial score (nSPS) is 16.4. The van der Waals surface area contributed by atoms with Crippen LogP contribution >= 0.6 is 0 Å². The van der Waals surface area contributed by atoms with Crippen LogP contribution in [0.5, 0.6) is 5.75 Å². The first-order valence-corrected chi connectivity index (χ1v) is 8.82. The molecule has 0 aliphatic carbocycles. The molecule has 6 nitrogen and oxygen atoms in total. The lowest BCUT2D eigenvalue weighted by Gasteiger charge is -2.35. The topological polar surface area (TPSA) is 59.4 Å².